The molecule has 0 saturated carbocycles. The summed E-state index contributed by atoms with van der Waals surface area (Å²) in [6.45, 7) is 7.07. The van der Waals surface area contributed by atoms with E-state index in [1.165, 1.54) is 0 Å². The number of hydrogen-bond acceptors (Lipinski definition) is 5. The van der Waals surface area contributed by atoms with E-state index in [1.807, 2.05) is 20.8 Å². The zero-order valence-corrected chi connectivity index (χ0v) is 9.66. The van der Waals surface area contributed by atoms with Crippen molar-refractivity contribution in [2.45, 2.75) is 33.0 Å². The van der Waals surface area contributed by atoms with Crippen molar-refractivity contribution < 1.29 is 22.6 Å². The zero-order chi connectivity index (χ0) is 10.3. The van der Waals surface area contributed by atoms with Crippen molar-refractivity contribution in [2.75, 3.05) is 19.8 Å². The summed E-state index contributed by atoms with van der Waals surface area (Å²) in [6.07, 6.45) is -0.0750. The Morgan fingerprint density at radius 3 is 1.93 bits per heavy atom. The molecule has 2 rings (SSSR count). The van der Waals surface area contributed by atoms with Crippen molar-refractivity contribution in [1.82, 2.24) is 0 Å². The molecule has 5 nitrogen and oxygen atoms in total. The zero-order valence-electron chi connectivity index (χ0n) is 8.76. The van der Waals surface area contributed by atoms with Crippen LogP contribution >= 0.6 is 7.74 Å². The van der Waals surface area contributed by atoms with Crippen LogP contribution in [-0.4, -0.2) is 32.0 Å². The Bertz CT molecular complexity index is 206. The summed E-state index contributed by atoms with van der Waals surface area (Å²) in [5.41, 5.74) is 0. The topological polar surface area (TPSA) is 46.2 Å². The average Bonchev–Trinajstić information content (AvgIpc) is 2.58. The van der Waals surface area contributed by atoms with Gasteiger partial charge in [-0.2, -0.15) is 0 Å². The summed E-state index contributed by atoms with van der Waals surface area (Å²) in [6, 6.07) is 0. The molecule has 0 aliphatic carbocycles. The minimum atomic E-state index is -3.62. The Morgan fingerprint density at radius 1 is 1.14 bits per heavy atom. The molecule has 0 aromatic heterocycles. The first-order valence-corrected chi connectivity index (χ1v) is 6.75. The fourth-order valence-corrected chi connectivity index (χ4v) is 4.90. The molecular formula is C8H17O5P. The van der Waals surface area contributed by atoms with E-state index in [0.29, 0.717) is 19.8 Å². The molecule has 2 aliphatic rings. The van der Waals surface area contributed by atoms with E-state index >= 15 is 0 Å². The molecule has 1 spiro atoms. The minimum absolute atomic E-state index is 0.0375. The molecule has 2 saturated heterocycles. The van der Waals surface area contributed by atoms with Gasteiger partial charge in [-0.25, -0.2) is 0 Å². The van der Waals surface area contributed by atoms with Crippen molar-refractivity contribution in [2.24, 2.45) is 0 Å². The standard InChI is InChI=1S/C8H17O5P/c1-4-9-14(10-5-7(2)12-14)11-6-8(3)13-14/h7-8H,4-6H2,1-3H3. The van der Waals surface area contributed by atoms with Gasteiger partial charge in [0.25, 0.3) is 0 Å². The van der Waals surface area contributed by atoms with Crippen molar-refractivity contribution in [3.63, 3.8) is 0 Å². The van der Waals surface area contributed by atoms with Gasteiger partial charge < -0.3 is 0 Å². The summed E-state index contributed by atoms with van der Waals surface area (Å²) < 4.78 is 27.9. The molecule has 2 heterocycles. The molecule has 0 radical (unpaired) electrons. The summed E-state index contributed by atoms with van der Waals surface area (Å²) >= 11 is 0. The van der Waals surface area contributed by atoms with E-state index in [1.54, 1.807) is 0 Å². The summed E-state index contributed by atoms with van der Waals surface area (Å²) in [4.78, 5) is 0. The van der Waals surface area contributed by atoms with Crippen LogP contribution in [0.3, 0.4) is 0 Å². The fraction of sp³-hybridized carbons (Fsp3) is 1.00. The third-order valence-electron chi connectivity index (χ3n) is 2.08. The summed E-state index contributed by atoms with van der Waals surface area (Å²) in [5, 5.41) is 0. The van der Waals surface area contributed by atoms with Gasteiger partial charge >= 0.3 is 83.2 Å². The summed E-state index contributed by atoms with van der Waals surface area (Å²) in [5.74, 6) is 0. The maximum absolute atomic E-state index is 5.65. The van der Waals surface area contributed by atoms with Gasteiger partial charge in [0.15, 0.2) is 0 Å². The molecule has 84 valence electrons. The molecule has 0 aromatic carbocycles. The maximum atomic E-state index is 5.65. The van der Waals surface area contributed by atoms with E-state index < -0.39 is 7.74 Å². The van der Waals surface area contributed by atoms with Crippen molar-refractivity contribution >= 4 is 7.74 Å². The van der Waals surface area contributed by atoms with Crippen molar-refractivity contribution in [1.29, 1.82) is 0 Å². The first-order chi connectivity index (χ1) is 6.58. The molecule has 2 atom stereocenters. The first kappa shape index (κ1) is 10.7. The van der Waals surface area contributed by atoms with Crippen LogP contribution in [0.1, 0.15) is 20.8 Å². The van der Waals surface area contributed by atoms with Crippen LogP contribution in [0.2, 0.25) is 0 Å². The fourth-order valence-electron chi connectivity index (χ4n) is 1.63. The second kappa shape index (κ2) is 3.37. The summed E-state index contributed by atoms with van der Waals surface area (Å²) in [7, 11) is -3.62. The van der Waals surface area contributed by atoms with E-state index in [9.17, 15) is 0 Å². The van der Waals surface area contributed by atoms with Gasteiger partial charge in [0.1, 0.15) is 0 Å². The second-order valence-electron chi connectivity index (χ2n) is 3.59. The molecule has 2 fully saturated rings. The van der Waals surface area contributed by atoms with Crippen LogP contribution in [0.5, 0.6) is 0 Å². The first-order valence-electron chi connectivity index (χ1n) is 4.93. The SMILES string of the molecule is CCOP12(OCC(C)O1)OCC(C)O2. The van der Waals surface area contributed by atoms with Crippen LogP contribution in [0.25, 0.3) is 0 Å². The van der Waals surface area contributed by atoms with Gasteiger partial charge in [0.2, 0.25) is 0 Å². The Kier molecular flexibility index (Phi) is 2.59. The van der Waals surface area contributed by atoms with Gasteiger partial charge in [-0.15, -0.1) is 0 Å². The second-order valence-corrected chi connectivity index (χ2v) is 6.27. The van der Waals surface area contributed by atoms with Crippen molar-refractivity contribution in [3.8, 4) is 0 Å². The van der Waals surface area contributed by atoms with Gasteiger partial charge in [-0.1, -0.05) is 0 Å². The van der Waals surface area contributed by atoms with Crippen LogP contribution in [0.4, 0.5) is 0 Å². The van der Waals surface area contributed by atoms with Gasteiger partial charge in [-0.3, -0.25) is 0 Å². The average molecular weight is 224 g/mol. The third-order valence-corrected chi connectivity index (χ3v) is 5.31. The van der Waals surface area contributed by atoms with Gasteiger partial charge in [0, 0.05) is 0 Å². The number of hydrogen-bond donors (Lipinski definition) is 0. The molecule has 0 amide bonds. The van der Waals surface area contributed by atoms with E-state index in [4.69, 9.17) is 22.6 Å². The monoisotopic (exact) mass is 224 g/mol. The predicted octanol–water partition coefficient (Wildman–Crippen LogP) is 2.02. The van der Waals surface area contributed by atoms with Crippen molar-refractivity contribution in [3.05, 3.63) is 0 Å². The van der Waals surface area contributed by atoms with E-state index in [0.717, 1.165) is 0 Å². The van der Waals surface area contributed by atoms with E-state index in [2.05, 4.69) is 0 Å². The predicted molar refractivity (Wildman–Crippen MR) is 51.5 cm³/mol. The van der Waals surface area contributed by atoms with E-state index in [-0.39, 0.29) is 12.2 Å². The molecule has 2 unspecified atom stereocenters. The Balaban J connectivity index is 2.21. The van der Waals surface area contributed by atoms with Crippen LogP contribution < -0.4 is 0 Å². The normalized spacial score (nSPS) is 42.4. The number of rotatable bonds is 2. The molecule has 0 aromatic rings. The van der Waals surface area contributed by atoms with Gasteiger partial charge in [-0.05, 0) is 0 Å². The molecule has 0 bridgehead atoms. The molecule has 6 heteroatoms. The Labute approximate surface area is 84.0 Å². The van der Waals surface area contributed by atoms with Gasteiger partial charge in [0.05, 0.1) is 0 Å². The van der Waals surface area contributed by atoms with Crippen LogP contribution in [-0.2, 0) is 22.6 Å². The molecule has 14 heavy (non-hydrogen) atoms. The van der Waals surface area contributed by atoms with Crippen LogP contribution in [0, 0.1) is 0 Å². The molecule has 2 aliphatic heterocycles. The molecule has 0 N–H and O–H groups in total. The van der Waals surface area contributed by atoms with Crippen LogP contribution in [0.15, 0.2) is 0 Å². The molecular weight excluding hydrogens is 207 g/mol. The quantitative estimate of drug-likeness (QED) is 0.671. The Hall–Kier alpha value is 0.230. The Morgan fingerprint density at radius 2 is 1.64 bits per heavy atom. The third kappa shape index (κ3) is 1.58.